The van der Waals surface area contributed by atoms with E-state index in [1.807, 2.05) is 22.0 Å². The average Bonchev–Trinajstić information content (AvgIpc) is 3.24. The number of nitrogens with two attached hydrogens (primary N) is 1. The first-order chi connectivity index (χ1) is 12.5. The summed E-state index contributed by atoms with van der Waals surface area (Å²) in [5, 5.41) is 11.2. The third-order valence-electron chi connectivity index (χ3n) is 4.25. The molecule has 0 bridgehead atoms. The fourth-order valence-corrected chi connectivity index (χ4v) is 3.56. The highest BCUT2D eigenvalue weighted by molar-refractivity contribution is 7.99. The van der Waals surface area contributed by atoms with Crippen molar-refractivity contribution in [3.63, 3.8) is 0 Å². The van der Waals surface area contributed by atoms with E-state index in [1.54, 1.807) is 6.26 Å². The number of rotatable bonds is 6. The molecule has 0 spiro atoms. The Morgan fingerprint density at radius 3 is 2.81 bits per heavy atom. The van der Waals surface area contributed by atoms with Crippen LogP contribution in [-0.4, -0.2) is 45.5 Å². The number of hydrogen-bond donors (Lipinski definition) is 2. The van der Waals surface area contributed by atoms with E-state index in [4.69, 9.17) is 10.2 Å². The Bertz CT molecular complexity index is 752. The number of carbonyl (C=O) groups is 2. The normalized spacial score (nSPS) is 15.2. The minimum atomic E-state index is -0.865. The molecular weight excluding hydrogens is 356 g/mol. The van der Waals surface area contributed by atoms with Gasteiger partial charge in [0.2, 0.25) is 11.9 Å². The Kier molecular flexibility index (Phi) is 5.82. The van der Waals surface area contributed by atoms with Crippen molar-refractivity contribution in [1.82, 2.24) is 20.1 Å². The van der Waals surface area contributed by atoms with E-state index >= 15 is 0 Å². The van der Waals surface area contributed by atoms with Gasteiger partial charge in [-0.05, 0) is 30.9 Å². The topological polar surface area (TPSA) is 119 Å². The second-order valence-electron chi connectivity index (χ2n) is 6.32. The molecule has 3 rings (SSSR count). The second-order valence-corrected chi connectivity index (χ2v) is 7.26. The number of anilines is 1. The zero-order chi connectivity index (χ0) is 18.5. The molecule has 1 saturated heterocycles. The molecule has 0 radical (unpaired) electrons. The third-order valence-corrected chi connectivity index (χ3v) is 5.22. The first kappa shape index (κ1) is 18.3. The first-order valence-electron chi connectivity index (χ1n) is 8.45. The molecule has 0 aliphatic carbocycles. The Morgan fingerprint density at radius 2 is 2.15 bits per heavy atom. The maximum Gasteiger partial charge on any atom is 0.318 e. The predicted molar refractivity (Wildman–Crippen MR) is 96.9 cm³/mol. The van der Waals surface area contributed by atoms with E-state index < -0.39 is 11.9 Å². The number of furan rings is 1. The Balaban J connectivity index is 1.77. The van der Waals surface area contributed by atoms with Crippen molar-refractivity contribution in [2.24, 2.45) is 11.7 Å². The molecule has 3 amide bonds. The zero-order valence-electron chi connectivity index (χ0n) is 14.6. The highest BCUT2D eigenvalue weighted by Crippen LogP contribution is 2.27. The van der Waals surface area contributed by atoms with Gasteiger partial charge in [0.15, 0.2) is 5.16 Å². The van der Waals surface area contributed by atoms with Gasteiger partial charge in [-0.1, -0.05) is 18.7 Å². The van der Waals surface area contributed by atoms with E-state index in [0.29, 0.717) is 17.6 Å². The number of nitrogens with zero attached hydrogens (tertiary/aromatic N) is 4. The molecule has 0 saturated carbocycles. The molecule has 2 aromatic heterocycles. The van der Waals surface area contributed by atoms with Gasteiger partial charge in [-0.2, -0.15) is 0 Å². The van der Waals surface area contributed by atoms with Crippen molar-refractivity contribution in [1.29, 1.82) is 0 Å². The molecule has 9 nitrogen and oxygen atoms in total. The fraction of sp³-hybridized carbons (Fsp3) is 0.500. The van der Waals surface area contributed by atoms with Crippen molar-refractivity contribution in [3.05, 3.63) is 24.2 Å². The maximum absolute atomic E-state index is 11.7. The third kappa shape index (κ3) is 4.57. The van der Waals surface area contributed by atoms with Gasteiger partial charge in [-0.25, -0.2) is 4.79 Å². The van der Waals surface area contributed by atoms with E-state index in [-0.39, 0.29) is 5.75 Å². The fourth-order valence-electron chi connectivity index (χ4n) is 2.83. The van der Waals surface area contributed by atoms with Crippen LogP contribution in [0.25, 0.3) is 0 Å². The number of thioether (sulfide) groups is 1. The molecule has 1 fully saturated rings. The van der Waals surface area contributed by atoms with Crippen LogP contribution in [0.15, 0.2) is 28.0 Å². The summed E-state index contributed by atoms with van der Waals surface area (Å²) >= 11 is 1.21. The lowest BCUT2D eigenvalue weighted by Crippen LogP contribution is -2.36. The summed E-state index contributed by atoms with van der Waals surface area (Å²) in [5.41, 5.74) is 4.96. The van der Waals surface area contributed by atoms with E-state index in [2.05, 4.69) is 22.0 Å². The lowest BCUT2D eigenvalue weighted by Gasteiger charge is -2.31. The lowest BCUT2D eigenvalue weighted by molar-refractivity contribution is -0.117. The summed E-state index contributed by atoms with van der Waals surface area (Å²) in [4.78, 5) is 24.7. The van der Waals surface area contributed by atoms with Crippen molar-refractivity contribution >= 4 is 29.6 Å². The van der Waals surface area contributed by atoms with Crippen LogP contribution in [0.1, 0.15) is 25.5 Å². The van der Waals surface area contributed by atoms with E-state index in [9.17, 15) is 9.59 Å². The average molecular weight is 378 g/mol. The molecule has 3 N–H and O–H groups in total. The monoisotopic (exact) mass is 378 g/mol. The molecule has 0 unspecified atom stereocenters. The number of piperidine rings is 1. The number of nitrogens with one attached hydrogen (secondary N) is 1. The van der Waals surface area contributed by atoms with Crippen LogP contribution in [0.3, 0.4) is 0 Å². The number of carbonyl (C=O) groups excluding carboxylic acids is 2. The number of hydrogen-bond acceptors (Lipinski definition) is 7. The minimum absolute atomic E-state index is 0.0241. The molecule has 2 aromatic rings. The standard InChI is InChI=1S/C16H22N6O3S/c1-11-4-6-21(7-5-11)15-19-20-16(26-10-13(23)18-14(17)24)22(15)9-12-3-2-8-25-12/h2-3,8,11H,4-7,9-10H2,1H3,(H3,17,18,23,24). The van der Waals surface area contributed by atoms with E-state index in [0.717, 1.165) is 37.6 Å². The van der Waals surface area contributed by atoms with Crippen LogP contribution in [0.4, 0.5) is 10.7 Å². The summed E-state index contributed by atoms with van der Waals surface area (Å²) in [6.45, 7) is 4.57. The van der Waals surface area contributed by atoms with Gasteiger partial charge in [0.1, 0.15) is 5.76 Å². The predicted octanol–water partition coefficient (Wildman–Crippen LogP) is 1.44. The minimum Gasteiger partial charge on any atom is -0.467 e. The Morgan fingerprint density at radius 1 is 1.38 bits per heavy atom. The van der Waals surface area contributed by atoms with Crippen LogP contribution in [-0.2, 0) is 11.3 Å². The van der Waals surface area contributed by atoms with Gasteiger partial charge in [0, 0.05) is 13.1 Å². The first-order valence-corrected chi connectivity index (χ1v) is 9.44. The Labute approximate surface area is 155 Å². The SMILES string of the molecule is CC1CCN(c2nnc(SCC(=O)NC(N)=O)n2Cc2ccco2)CC1. The second kappa shape index (κ2) is 8.26. The quantitative estimate of drug-likeness (QED) is 0.730. The number of amides is 3. The summed E-state index contributed by atoms with van der Waals surface area (Å²) < 4.78 is 7.40. The molecular formula is C16H22N6O3S. The molecule has 140 valence electrons. The smallest absolute Gasteiger partial charge is 0.318 e. The van der Waals surface area contributed by atoms with Crippen LogP contribution < -0.4 is 16.0 Å². The summed E-state index contributed by atoms with van der Waals surface area (Å²) in [6.07, 6.45) is 3.84. The van der Waals surface area contributed by atoms with Gasteiger partial charge >= 0.3 is 6.03 Å². The number of primary amides is 1. The molecule has 1 aliphatic heterocycles. The summed E-state index contributed by atoms with van der Waals surface area (Å²) in [6, 6.07) is 2.85. The van der Waals surface area contributed by atoms with Gasteiger partial charge in [0.05, 0.1) is 18.6 Å². The van der Waals surface area contributed by atoms with Crippen molar-refractivity contribution in [2.75, 3.05) is 23.7 Å². The van der Waals surface area contributed by atoms with Gasteiger partial charge in [-0.3, -0.25) is 14.7 Å². The summed E-state index contributed by atoms with van der Waals surface area (Å²) in [7, 11) is 0. The molecule has 0 atom stereocenters. The van der Waals surface area contributed by atoms with Gasteiger partial charge in [-0.15, -0.1) is 10.2 Å². The van der Waals surface area contributed by atoms with Gasteiger partial charge < -0.3 is 15.1 Å². The highest BCUT2D eigenvalue weighted by atomic mass is 32.2. The highest BCUT2D eigenvalue weighted by Gasteiger charge is 2.23. The largest absolute Gasteiger partial charge is 0.467 e. The van der Waals surface area contributed by atoms with E-state index in [1.165, 1.54) is 11.8 Å². The summed E-state index contributed by atoms with van der Waals surface area (Å²) in [5.74, 6) is 1.81. The van der Waals surface area contributed by atoms with Crippen molar-refractivity contribution in [3.8, 4) is 0 Å². The van der Waals surface area contributed by atoms with Crippen LogP contribution in [0.5, 0.6) is 0 Å². The van der Waals surface area contributed by atoms with Crippen LogP contribution in [0, 0.1) is 5.92 Å². The molecule has 26 heavy (non-hydrogen) atoms. The van der Waals surface area contributed by atoms with Crippen LogP contribution >= 0.6 is 11.8 Å². The van der Waals surface area contributed by atoms with Gasteiger partial charge in [0.25, 0.3) is 0 Å². The molecule has 10 heteroatoms. The molecule has 1 aliphatic rings. The molecule has 0 aromatic carbocycles. The van der Waals surface area contributed by atoms with Crippen molar-refractivity contribution in [2.45, 2.75) is 31.5 Å². The molecule has 3 heterocycles. The Hall–Kier alpha value is -2.49. The van der Waals surface area contributed by atoms with Crippen molar-refractivity contribution < 1.29 is 14.0 Å². The number of aromatic nitrogens is 3. The number of urea groups is 1. The maximum atomic E-state index is 11.7. The zero-order valence-corrected chi connectivity index (χ0v) is 15.4. The van der Waals surface area contributed by atoms with Crippen LogP contribution in [0.2, 0.25) is 0 Å². The number of imide groups is 1. The lowest BCUT2D eigenvalue weighted by atomic mass is 10.00.